The lowest BCUT2D eigenvalue weighted by atomic mass is 10.2. The van der Waals surface area contributed by atoms with E-state index in [1.165, 1.54) is 11.8 Å². The number of aliphatic imine (C=N–C) groups is 1. The summed E-state index contributed by atoms with van der Waals surface area (Å²) >= 11 is 4.61. The number of rotatable bonds is 5. The van der Waals surface area contributed by atoms with E-state index in [0.717, 1.165) is 16.8 Å². The molecular formula is C19H15BrN2O4S. The van der Waals surface area contributed by atoms with Crippen molar-refractivity contribution in [2.24, 2.45) is 4.99 Å². The molecule has 0 saturated carbocycles. The monoisotopic (exact) mass is 446 g/mol. The number of hydrogen-bond donors (Lipinski definition) is 2. The SMILES string of the molecule is Cc1ccc(N=C2NC(=O)/C(=C\c3ccc(OCC(=O)O)c(Br)c3)S2)cc1. The van der Waals surface area contributed by atoms with Gasteiger partial charge in [-0.25, -0.2) is 9.79 Å². The Morgan fingerprint density at radius 1 is 1.30 bits per heavy atom. The number of aryl methyl sites for hydroxylation is 1. The highest BCUT2D eigenvalue weighted by Gasteiger charge is 2.23. The lowest BCUT2D eigenvalue weighted by molar-refractivity contribution is -0.139. The summed E-state index contributed by atoms with van der Waals surface area (Å²) in [6.45, 7) is 1.58. The van der Waals surface area contributed by atoms with Crippen molar-refractivity contribution in [3.63, 3.8) is 0 Å². The molecule has 27 heavy (non-hydrogen) atoms. The molecular weight excluding hydrogens is 432 g/mol. The van der Waals surface area contributed by atoms with Crippen LogP contribution in [0, 0.1) is 6.92 Å². The molecule has 0 aromatic heterocycles. The Morgan fingerprint density at radius 2 is 2.04 bits per heavy atom. The molecule has 1 aliphatic heterocycles. The van der Waals surface area contributed by atoms with E-state index >= 15 is 0 Å². The van der Waals surface area contributed by atoms with Crippen molar-refractivity contribution < 1.29 is 19.4 Å². The van der Waals surface area contributed by atoms with Crippen molar-refractivity contribution >= 4 is 56.5 Å². The molecule has 2 aromatic rings. The standard InChI is InChI=1S/C19H15BrN2O4S/c1-11-2-5-13(6-3-11)21-19-22-18(25)16(27-19)9-12-4-7-15(14(20)8-12)26-10-17(23)24/h2-9H,10H2,1H3,(H,23,24)(H,21,22,25)/b16-9+. The summed E-state index contributed by atoms with van der Waals surface area (Å²) in [5.74, 6) is -0.842. The first-order valence-electron chi connectivity index (χ1n) is 7.91. The number of thioether (sulfide) groups is 1. The van der Waals surface area contributed by atoms with E-state index in [4.69, 9.17) is 9.84 Å². The molecule has 3 rings (SSSR count). The fraction of sp³-hybridized carbons (Fsp3) is 0.105. The van der Waals surface area contributed by atoms with Crippen molar-refractivity contribution in [1.82, 2.24) is 5.32 Å². The summed E-state index contributed by atoms with van der Waals surface area (Å²) in [5, 5.41) is 11.9. The normalized spacial score (nSPS) is 16.6. The maximum absolute atomic E-state index is 12.2. The molecule has 2 N–H and O–H groups in total. The van der Waals surface area contributed by atoms with Crippen molar-refractivity contribution in [3.05, 3.63) is 63.0 Å². The number of amidine groups is 1. The quantitative estimate of drug-likeness (QED) is 0.674. The van der Waals surface area contributed by atoms with Gasteiger partial charge in [0.25, 0.3) is 5.91 Å². The zero-order chi connectivity index (χ0) is 19.4. The first kappa shape index (κ1) is 19.2. The largest absolute Gasteiger partial charge is 0.481 e. The third kappa shape index (κ3) is 5.21. The first-order chi connectivity index (χ1) is 12.9. The van der Waals surface area contributed by atoms with Gasteiger partial charge in [-0.2, -0.15) is 0 Å². The Balaban J connectivity index is 1.75. The lowest BCUT2D eigenvalue weighted by Gasteiger charge is -2.06. The van der Waals surface area contributed by atoms with Gasteiger partial charge in [-0.15, -0.1) is 0 Å². The van der Waals surface area contributed by atoms with Crippen LogP contribution in [0.4, 0.5) is 5.69 Å². The van der Waals surface area contributed by atoms with Gasteiger partial charge in [0.15, 0.2) is 11.8 Å². The molecule has 2 aromatic carbocycles. The molecule has 8 heteroatoms. The predicted octanol–water partition coefficient (Wildman–Crippen LogP) is 4.11. The molecule has 0 atom stereocenters. The van der Waals surface area contributed by atoms with E-state index in [1.807, 2.05) is 31.2 Å². The Bertz CT molecular complexity index is 955. The first-order valence-corrected chi connectivity index (χ1v) is 9.52. The maximum Gasteiger partial charge on any atom is 0.341 e. The number of carboxylic acids is 1. The summed E-state index contributed by atoms with van der Waals surface area (Å²) in [6, 6.07) is 12.9. The molecule has 138 valence electrons. The molecule has 0 spiro atoms. The van der Waals surface area contributed by atoms with Crippen molar-refractivity contribution in [2.45, 2.75) is 6.92 Å². The van der Waals surface area contributed by atoms with Gasteiger partial charge in [0.05, 0.1) is 15.1 Å². The van der Waals surface area contributed by atoms with E-state index in [2.05, 4.69) is 26.2 Å². The fourth-order valence-corrected chi connectivity index (χ4v) is 3.58. The zero-order valence-corrected chi connectivity index (χ0v) is 16.6. The van der Waals surface area contributed by atoms with Crippen LogP contribution in [-0.4, -0.2) is 28.8 Å². The highest BCUT2D eigenvalue weighted by Crippen LogP contribution is 2.31. The number of amides is 1. The summed E-state index contributed by atoms with van der Waals surface area (Å²) in [4.78, 5) is 27.7. The third-order valence-corrected chi connectivity index (χ3v) is 5.05. The van der Waals surface area contributed by atoms with Crippen molar-refractivity contribution in [1.29, 1.82) is 0 Å². The van der Waals surface area contributed by atoms with E-state index in [-0.39, 0.29) is 5.91 Å². The van der Waals surface area contributed by atoms with Crippen molar-refractivity contribution in [3.8, 4) is 5.75 Å². The van der Waals surface area contributed by atoms with Gasteiger partial charge >= 0.3 is 5.97 Å². The van der Waals surface area contributed by atoms with Crippen LogP contribution in [0.5, 0.6) is 5.75 Å². The fourth-order valence-electron chi connectivity index (χ4n) is 2.23. The van der Waals surface area contributed by atoms with Gasteiger partial charge in [-0.05, 0) is 70.5 Å². The number of carbonyl (C=O) groups is 2. The summed E-state index contributed by atoms with van der Waals surface area (Å²) in [6.07, 6.45) is 1.74. The number of benzene rings is 2. The maximum atomic E-state index is 12.2. The summed E-state index contributed by atoms with van der Waals surface area (Å²) in [7, 11) is 0. The second-order valence-corrected chi connectivity index (χ2v) is 7.57. The lowest BCUT2D eigenvalue weighted by Crippen LogP contribution is -2.19. The second kappa shape index (κ2) is 8.41. The minimum absolute atomic E-state index is 0.215. The highest BCUT2D eigenvalue weighted by atomic mass is 79.9. The van der Waals surface area contributed by atoms with Gasteiger partial charge in [-0.1, -0.05) is 23.8 Å². The number of aliphatic carboxylic acids is 1. The number of hydrogen-bond acceptors (Lipinski definition) is 5. The number of nitrogens with zero attached hydrogens (tertiary/aromatic N) is 1. The minimum atomic E-state index is -1.05. The highest BCUT2D eigenvalue weighted by molar-refractivity contribution is 9.10. The van der Waals surface area contributed by atoms with Crippen LogP contribution in [0.3, 0.4) is 0 Å². The molecule has 0 bridgehead atoms. The van der Waals surface area contributed by atoms with Gasteiger partial charge in [-0.3, -0.25) is 4.79 Å². The van der Waals surface area contributed by atoms with E-state index in [1.54, 1.807) is 24.3 Å². The molecule has 1 aliphatic rings. The Kier molecular flexibility index (Phi) is 5.98. The van der Waals surface area contributed by atoms with Gasteiger partial charge in [0.2, 0.25) is 0 Å². The number of ether oxygens (including phenoxy) is 1. The van der Waals surface area contributed by atoms with E-state index in [0.29, 0.717) is 20.3 Å². The van der Waals surface area contributed by atoms with Crippen LogP contribution in [0.15, 0.2) is 56.8 Å². The average Bonchev–Trinajstić information content (AvgIpc) is 2.95. The summed E-state index contributed by atoms with van der Waals surface area (Å²) in [5.41, 5.74) is 2.69. The van der Waals surface area contributed by atoms with Crippen LogP contribution < -0.4 is 10.1 Å². The van der Waals surface area contributed by atoms with Crippen LogP contribution in [-0.2, 0) is 9.59 Å². The molecule has 1 saturated heterocycles. The average molecular weight is 447 g/mol. The molecule has 0 radical (unpaired) electrons. The Hall–Kier alpha value is -2.58. The minimum Gasteiger partial charge on any atom is -0.481 e. The Labute approximate surface area is 168 Å². The van der Waals surface area contributed by atoms with Crippen LogP contribution in [0.1, 0.15) is 11.1 Å². The number of carbonyl (C=O) groups excluding carboxylic acids is 1. The zero-order valence-electron chi connectivity index (χ0n) is 14.2. The smallest absolute Gasteiger partial charge is 0.341 e. The second-order valence-electron chi connectivity index (χ2n) is 5.69. The topological polar surface area (TPSA) is 88.0 Å². The van der Waals surface area contributed by atoms with E-state index in [9.17, 15) is 9.59 Å². The van der Waals surface area contributed by atoms with Crippen LogP contribution >= 0.6 is 27.7 Å². The molecule has 0 unspecified atom stereocenters. The Morgan fingerprint density at radius 3 is 2.70 bits per heavy atom. The number of nitrogens with one attached hydrogen (secondary N) is 1. The molecule has 1 amide bonds. The van der Waals surface area contributed by atoms with Gasteiger partial charge < -0.3 is 15.2 Å². The summed E-state index contributed by atoms with van der Waals surface area (Å²) < 4.78 is 5.77. The number of halogens is 1. The van der Waals surface area contributed by atoms with E-state index < -0.39 is 12.6 Å². The van der Waals surface area contributed by atoms with Crippen molar-refractivity contribution in [2.75, 3.05) is 6.61 Å². The molecule has 1 fully saturated rings. The third-order valence-electron chi connectivity index (χ3n) is 3.52. The van der Waals surface area contributed by atoms with Crippen LogP contribution in [0.2, 0.25) is 0 Å². The molecule has 1 heterocycles. The van der Waals surface area contributed by atoms with Gasteiger partial charge in [0, 0.05) is 0 Å². The predicted molar refractivity (Wildman–Crippen MR) is 109 cm³/mol. The van der Waals surface area contributed by atoms with Crippen LogP contribution in [0.25, 0.3) is 6.08 Å². The van der Waals surface area contributed by atoms with Gasteiger partial charge in [0.1, 0.15) is 5.75 Å². The number of carboxylic acid groups (broad SMARTS) is 1. The molecule has 0 aliphatic carbocycles. The molecule has 6 nitrogen and oxygen atoms in total.